The summed E-state index contributed by atoms with van der Waals surface area (Å²) < 4.78 is 24.1. The molecule has 5 aromatic heterocycles. The molecule has 4 saturated carbocycles. The Balaban J connectivity index is 1.03. The molecule has 0 N–H and O–H groups in total. The first-order chi connectivity index (χ1) is 24.8. The molecule has 51 heavy (non-hydrogen) atoms. The summed E-state index contributed by atoms with van der Waals surface area (Å²) in [7, 11) is 0. The fraction of sp³-hybridized carbons (Fsp3) is 0.318. The van der Waals surface area contributed by atoms with Crippen molar-refractivity contribution in [1.82, 2.24) is 14.0 Å². The maximum Gasteiger partial charge on any atom is 0.279 e. The molecule has 5 heterocycles. The summed E-state index contributed by atoms with van der Waals surface area (Å²) >= 11 is 0. The summed E-state index contributed by atoms with van der Waals surface area (Å²) in [5.74, 6) is 5.16. The molecule has 0 amide bonds. The van der Waals surface area contributed by atoms with Gasteiger partial charge < -0.3 is 13.6 Å². The third kappa shape index (κ3) is 4.49. The predicted molar refractivity (Wildman–Crippen MR) is 197 cm³/mol. The first-order valence-electron chi connectivity index (χ1n) is 18.4. The topological polar surface area (TPSA) is 61.8 Å². The molecule has 254 valence electrons. The van der Waals surface area contributed by atoms with E-state index in [-0.39, 0.29) is 5.41 Å². The van der Waals surface area contributed by atoms with Crippen molar-refractivity contribution in [3.05, 3.63) is 115 Å². The molecule has 12 rings (SSSR count). The lowest BCUT2D eigenvalue weighted by atomic mass is 9.48. The minimum Gasteiger partial charge on any atom is -0.470 e. The van der Waals surface area contributed by atoms with Crippen molar-refractivity contribution in [3.8, 4) is 28.6 Å². The van der Waals surface area contributed by atoms with E-state index < -0.39 is 0 Å². The highest BCUT2D eigenvalue weighted by Gasteiger charge is 2.51. The average molecular weight is 673 g/mol. The average Bonchev–Trinajstić information content (AvgIpc) is 3.88. The van der Waals surface area contributed by atoms with Gasteiger partial charge in [0.05, 0.1) is 29.8 Å². The predicted octanol–water partition coefficient (Wildman–Crippen LogP) is 10.4. The van der Waals surface area contributed by atoms with Gasteiger partial charge in [0, 0.05) is 23.0 Å². The molecule has 0 radical (unpaired) electrons. The minimum absolute atomic E-state index is 0.00288. The molecule has 4 fully saturated rings. The van der Waals surface area contributed by atoms with Crippen LogP contribution in [0.5, 0.6) is 11.5 Å². The maximum absolute atomic E-state index is 6.63. The SMILES string of the molecule is CC(C)(C)c1ccnc(-n2c3ccc(C45CC6CC(CC(C6)C4)C5)cc3c3ccc(Oc4cccc(-c5coc6c7occ[n+]7[c-]n56)c4)cc32)c1. The van der Waals surface area contributed by atoms with Crippen molar-refractivity contribution < 1.29 is 18.0 Å². The smallest absolute Gasteiger partial charge is 0.279 e. The monoisotopic (exact) mass is 672 g/mol. The number of nitrogens with zero attached hydrogens (tertiary/aromatic N) is 4. The minimum atomic E-state index is 0.00288. The number of oxazole rings is 2. The van der Waals surface area contributed by atoms with Crippen molar-refractivity contribution in [1.29, 1.82) is 0 Å². The Morgan fingerprint density at radius 2 is 1.65 bits per heavy atom. The van der Waals surface area contributed by atoms with Gasteiger partial charge in [-0.3, -0.25) is 13.4 Å². The Bertz CT molecular complexity index is 2630. The van der Waals surface area contributed by atoms with E-state index in [1.54, 1.807) is 22.5 Å². The normalized spacial score (nSPS) is 23.0. The highest BCUT2D eigenvalue weighted by molar-refractivity contribution is 6.09. The first-order valence-corrected chi connectivity index (χ1v) is 18.4. The van der Waals surface area contributed by atoms with E-state index in [2.05, 4.69) is 80.2 Å². The Hall–Kier alpha value is -5.30. The van der Waals surface area contributed by atoms with Gasteiger partial charge in [-0.15, -0.1) is 0 Å². The van der Waals surface area contributed by atoms with Crippen LogP contribution in [-0.2, 0) is 10.8 Å². The Labute approximate surface area is 296 Å². The van der Waals surface area contributed by atoms with Crippen molar-refractivity contribution in [2.24, 2.45) is 17.8 Å². The highest BCUT2D eigenvalue weighted by atomic mass is 16.5. The van der Waals surface area contributed by atoms with Gasteiger partial charge in [-0.2, -0.15) is 0 Å². The number of imidazole rings is 1. The van der Waals surface area contributed by atoms with E-state index in [0.29, 0.717) is 16.8 Å². The summed E-state index contributed by atoms with van der Waals surface area (Å²) in [6.45, 7) is 6.78. The number of fused-ring (bicyclic) bond motifs is 6. The lowest BCUT2D eigenvalue weighted by molar-refractivity contribution is -0.517. The van der Waals surface area contributed by atoms with Gasteiger partial charge in [0.15, 0.2) is 0 Å². The summed E-state index contributed by atoms with van der Waals surface area (Å²) in [5.41, 5.74) is 8.46. The number of ether oxygens (including phenoxy) is 1. The molecule has 8 aromatic rings. The quantitative estimate of drug-likeness (QED) is 0.135. The van der Waals surface area contributed by atoms with Crippen molar-refractivity contribution in [2.45, 2.75) is 70.1 Å². The zero-order valence-corrected chi connectivity index (χ0v) is 29.2. The lowest BCUT2D eigenvalue weighted by Crippen LogP contribution is -2.48. The molecule has 7 nitrogen and oxygen atoms in total. The van der Waals surface area contributed by atoms with Gasteiger partial charge in [-0.05, 0) is 132 Å². The largest absolute Gasteiger partial charge is 0.470 e. The molecular formula is C44H40N4O3. The standard InChI is InChI=1S/C44H40N4O3/c1-43(2,3)31-11-12-45-40(20-31)48-37-10-7-32(44-22-27-15-28(23-44)17-29(16-27)24-44)19-36(37)35-9-8-34(21-38(35)48)51-33-6-4-5-30(18-33)39-25-50-42-41-46(13-14-49-41)26-47(39)42/h4-14,18-21,25,27-29H,15-17,22-24H2,1-3H3. The molecule has 0 saturated heterocycles. The van der Waals surface area contributed by atoms with Crippen molar-refractivity contribution >= 4 is 33.2 Å². The molecule has 4 bridgehead atoms. The number of hydrogen-bond donors (Lipinski definition) is 0. The van der Waals surface area contributed by atoms with E-state index in [1.165, 1.54) is 60.4 Å². The fourth-order valence-corrected chi connectivity index (χ4v) is 10.4. The second-order valence-electron chi connectivity index (χ2n) is 16.7. The first kappa shape index (κ1) is 29.4. The van der Waals surface area contributed by atoms with Crippen LogP contribution in [0.2, 0.25) is 0 Å². The van der Waals surface area contributed by atoms with Crippen LogP contribution in [0.25, 0.3) is 50.3 Å². The molecule has 0 aliphatic heterocycles. The molecule has 0 atom stereocenters. The van der Waals surface area contributed by atoms with Gasteiger partial charge in [-0.25, -0.2) is 4.98 Å². The fourth-order valence-electron chi connectivity index (χ4n) is 10.4. The van der Waals surface area contributed by atoms with Gasteiger partial charge in [0.2, 0.25) is 0 Å². The van der Waals surface area contributed by atoms with E-state index in [1.807, 2.05) is 41.1 Å². The lowest BCUT2D eigenvalue weighted by Gasteiger charge is -2.57. The molecule has 7 heteroatoms. The summed E-state index contributed by atoms with van der Waals surface area (Å²) in [5, 5.41) is 2.52. The molecule has 4 aliphatic carbocycles. The Morgan fingerprint density at radius 3 is 2.45 bits per heavy atom. The van der Waals surface area contributed by atoms with Crippen LogP contribution in [0, 0.1) is 24.1 Å². The van der Waals surface area contributed by atoms with Gasteiger partial charge in [-0.1, -0.05) is 39.0 Å². The van der Waals surface area contributed by atoms with Gasteiger partial charge in [0.1, 0.15) is 23.0 Å². The van der Waals surface area contributed by atoms with E-state index in [0.717, 1.165) is 51.8 Å². The number of benzene rings is 3. The Kier molecular flexibility index (Phi) is 5.99. The summed E-state index contributed by atoms with van der Waals surface area (Å²) in [4.78, 5) is 4.96. The van der Waals surface area contributed by atoms with Crippen LogP contribution < -0.4 is 9.14 Å². The van der Waals surface area contributed by atoms with Gasteiger partial charge >= 0.3 is 0 Å². The second-order valence-corrected chi connectivity index (χ2v) is 16.7. The molecule has 3 aromatic carbocycles. The van der Waals surface area contributed by atoms with Crippen LogP contribution in [0.1, 0.15) is 70.4 Å². The van der Waals surface area contributed by atoms with Crippen molar-refractivity contribution in [2.75, 3.05) is 0 Å². The number of pyridine rings is 1. The molecule has 0 unspecified atom stereocenters. The highest BCUT2D eigenvalue weighted by Crippen LogP contribution is 2.61. The summed E-state index contributed by atoms with van der Waals surface area (Å²) in [6, 6.07) is 26.4. The van der Waals surface area contributed by atoms with Gasteiger partial charge in [0.25, 0.3) is 17.8 Å². The number of hydrogen-bond acceptors (Lipinski definition) is 4. The van der Waals surface area contributed by atoms with Crippen LogP contribution in [0.15, 0.2) is 107 Å². The third-order valence-corrected chi connectivity index (χ3v) is 12.3. The zero-order chi connectivity index (χ0) is 34.1. The number of rotatable bonds is 5. The summed E-state index contributed by atoms with van der Waals surface area (Å²) in [6.07, 6.45) is 18.8. The van der Waals surface area contributed by atoms with E-state index >= 15 is 0 Å². The van der Waals surface area contributed by atoms with Crippen LogP contribution in [0.4, 0.5) is 0 Å². The zero-order valence-electron chi connectivity index (χ0n) is 29.2. The molecular weight excluding hydrogens is 633 g/mol. The van der Waals surface area contributed by atoms with Crippen molar-refractivity contribution in [3.63, 3.8) is 0 Å². The maximum atomic E-state index is 6.63. The van der Waals surface area contributed by atoms with E-state index in [9.17, 15) is 0 Å². The van der Waals surface area contributed by atoms with Crippen LogP contribution in [0.3, 0.4) is 0 Å². The third-order valence-electron chi connectivity index (χ3n) is 12.3. The van der Waals surface area contributed by atoms with Crippen LogP contribution >= 0.6 is 0 Å². The molecule has 0 spiro atoms. The van der Waals surface area contributed by atoms with E-state index in [4.69, 9.17) is 18.6 Å². The van der Waals surface area contributed by atoms with Crippen LogP contribution in [-0.4, -0.2) is 14.0 Å². The molecule has 4 aliphatic rings. The Morgan fingerprint density at radius 1 is 0.843 bits per heavy atom. The number of aromatic nitrogens is 4. The second kappa shape index (κ2) is 10.4.